The van der Waals surface area contributed by atoms with Crippen molar-refractivity contribution in [1.82, 2.24) is 20.0 Å². The van der Waals surface area contributed by atoms with E-state index in [0.29, 0.717) is 73.4 Å². The molecule has 2 heterocycles. The molecule has 2 aromatic carbocycles. The standard InChI is InChI=1S/C32H44Cl2FN5O2/c1-22(21-36-23(2)37(3)4)10-11-24-7-5-8-28(35)31(24)38-15-17-39(18-16-38)32(42)29(40-14-6-9-30(40)41)19-25-12-13-26(33)20-27(25)34/h5,7-8,12-13,20,22-23,29,36H,6,9-11,14-19,21H2,1-4H3. The molecule has 10 heteroatoms. The summed E-state index contributed by atoms with van der Waals surface area (Å²) in [6, 6.07) is 9.93. The fourth-order valence-electron chi connectivity index (χ4n) is 5.76. The van der Waals surface area contributed by atoms with Crippen LogP contribution in [0.5, 0.6) is 0 Å². The molecule has 2 aliphatic rings. The van der Waals surface area contributed by atoms with Crippen LogP contribution >= 0.6 is 23.2 Å². The van der Waals surface area contributed by atoms with Gasteiger partial charge in [-0.15, -0.1) is 0 Å². The zero-order valence-electron chi connectivity index (χ0n) is 25.2. The number of carbonyl (C=O) groups is 2. The fraction of sp³-hybridized carbons (Fsp3) is 0.562. The molecule has 0 radical (unpaired) electrons. The van der Waals surface area contributed by atoms with Gasteiger partial charge in [-0.2, -0.15) is 0 Å². The molecular formula is C32H44Cl2FN5O2. The highest BCUT2D eigenvalue weighted by molar-refractivity contribution is 6.35. The van der Waals surface area contributed by atoms with Crippen molar-refractivity contribution < 1.29 is 14.0 Å². The molecule has 2 fully saturated rings. The van der Waals surface area contributed by atoms with Crippen molar-refractivity contribution in [2.75, 3.05) is 58.3 Å². The largest absolute Gasteiger partial charge is 0.365 e. The Bertz CT molecular complexity index is 1240. The summed E-state index contributed by atoms with van der Waals surface area (Å²) in [5, 5.41) is 4.55. The number of nitrogens with zero attached hydrogens (tertiary/aromatic N) is 4. The lowest BCUT2D eigenvalue weighted by Crippen LogP contribution is -2.56. The topological polar surface area (TPSA) is 59.1 Å². The lowest BCUT2D eigenvalue weighted by Gasteiger charge is -2.40. The van der Waals surface area contributed by atoms with Gasteiger partial charge in [0.1, 0.15) is 11.9 Å². The van der Waals surface area contributed by atoms with Crippen LogP contribution in [0.25, 0.3) is 0 Å². The molecule has 0 saturated carbocycles. The first-order valence-corrected chi connectivity index (χ1v) is 15.7. The Morgan fingerprint density at radius 1 is 1.05 bits per heavy atom. The number of rotatable bonds is 12. The number of amides is 2. The van der Waals surface area contributed by atoms with Crippen LogP contribution in [0.3, 0.4) is 0 Å². The Morgan fingerprint density at radius 2 is 1.79 bits per heavy atom. The van der Waals surface area contributed by atoms with E-state index in [4.69, 9.17) is 23.2 Å². The molecular weight excluding hydrogens is 576 g/mol. The van der Waals surface area contributed by atoms with Crippen LogP contribution in [0.15, 0.2) is 36.4 Å². The van der Waals surface area contributed by atoms with E-state index in [1.54, 1.807) is 23.1 Å². The number of aryl methyl sites for hydroxylation is 1. The average molecular weight is 621 g/mol. The highest BCUT2D eigenvalue weighted by atomic mass is 35.5. The van der Waals surface area contributed by atoms with E-state index in [9.17, 15) is 9.59 Å². The SMILES string of the molecule is CC(CCc1cccc(F)c1N1CCN(C(=O)C(Cc2ccc(Cl)cc2Cl)N2CCCC2=O)CC1)CNC(C)N(C)C. The van der Waals surface area contributed by atoms with Gasteiger partial charge in [0.05, 0.1) is 11.9 Å². The zero-order chi connectivity index (χ0) is 30.4. The van der Waals surface area contributed by atoms with Gasteiger partial charge in [0, 0.05) is 55.6 Å². The predicted molar refractivity (Wildman–Crippen MR) is 169 cm³/mol. The van der Waals surface area contributed by atoms with E-state index < -0.39 is 6.04 Å². The van der Waals surface area contributed by atoms with Gasteiger partial charge in [-0.05, 0) is 82.1 Å². The van der Waals surface area contributed by atoms with Crippen LogP contribution in [-0.2, 0) is 22.4 Å². The molecule has 4 rings (SSSR count). The number of hydrogen-bond donors (Lipinski definition) is 1. The molecule has 2 amide bonds. The third-order valence-corrected chi connectivity index (χ3v) is 9.21. The summed E-state index contributed by atoms with van der Waals surface area (Å²) in [6.07, 6.45) is 3.55. The van der Waals surface area contributed by atoms with Crippen molar-refractivity contribution in [3.63, 3.8) is 0 Å². The number of piperazine rings is 1. The molecule has 230 valence electrons. The molecule has 3 atom stereocenters. The number of likely N-dealkylation sites (tertiary alicyclic amines) is 1. The lowest BCUT2D eigenvalue weighted by atomic mass is 9.98. The van der Waals surface area contributed by atoms with Gasteiger partial charge in [-0.3, -0.25) is 14.5 Å². The van der Waals surface area contributed by atoms with Crippen molar-refractivity contribution in [3.05, 3.63) is 63.4 Å². The maximum Gasteiger partial charge on any atom is 0.245 e. The number of anilines is 1. The minimum Gasteiger partial charge on any atom is -0.365 e. The van der Waals surface area contributed by atoms with Gasteiger partial charge in [-0.1, -0.05) is 48.3 Å². The Labute approximate surface area is 259 Å². The third kappa shape index (κ3) is 8.16. The Balaban J connectivity index is 1.41. The van der Waals surface area contributed by atoms with Gasteiger partial charge in [0.15, 0.2) is 0 Å². The molecule has 0 aromatic heterocycles. The molecule has 7 nitrogen and oxygen atoms in total. The summed E-state index contributed by atoms with van der Waals surface area (Å²) in [6.45, 7) is 7.79. The number of nitrogens with one attached hydrogen (secondary N) is 1. The van der Waals surface area contributed by atoms with Crippen molar-refractivity contribution in [1.29, 1.82) is 0 Å². The predicted octanol–water partition coefficient (Wildman–Crippen LogP) is 5.08. The van der Waals surface area contributed by atoms with Crippen LogP contribution in [0, 0.1) is 11.7 Å². The third-order valence-electron chi connectivity index (χ3n) is 8.62. The van der Waals surface area contributed by atoms with E-state index in [-0.39, 0.29) is 17.6 Å². The van der Waals surface area contributed by atoms with Crippen LogP contribution in [0.2, 0.25) is 10.0 Å². The van der Waals surface area contributed by atoms with E-state index in [0.717, 1.165) is 36.9 Å². The minimum atomic E-state index is -0.625. The van der Waals surface area contributed by atoms with Crippen molar-refractivity contribution in [3.8, 4) is 0 Å². The average Bonchev–Trinajstić information content (AvgIpc) is 3.39. The molecule has 0 aliphatic carbocycles. The molecule has 1 N–H and O–H groups in total. The van der Waals surface area contributed by atoms with Crippen molar-refractivity contribution in [2.24, 2.45) is 5.92 Å². The normalized spacial score (nSPS) is 18.1. The summed E-state index contributed by atoms with van der Waals surface area (Å²) < 4.78 is 15.2. The Kier molecular flexibility index (Phi) is 11.5. The zero-order valence-corrected chi connectivity index (χ0v) is 26.7. The van der Waals surface area contributed by atoms with Gasteiger partial charge in [0.2, 0.25) is 11.8 Å². The van der Waals surface area contributed by atoms with Crippen LogP contribution in [0.1, 0.15) is 44.2 Å². The quantitative estimate of drug-likeness (QED) is 0.336. The number of carbonyl (C=O) groups excluding carboxylic acids is 2. The molecule has 0 bridgehead atoms. The first-order chi connectivity index (χ1) is 20.0. The van der Waals surface area contributed by atoms with Gasteiger partial charge in [0.25, 0.3) is 0 Å². The number of halogens is 3. The van der Waals surface area contributed by atoms with Gasteiger partial charge >= 0.3 is 0 Å². The highest BCUT2D eigenvalue weighted by Crippen LogP contribution is 2.29. The van der Waals surface area contributed by atoms with E-state index >= 15 is 4.39 Å². The molecule has 3 unspecified atom stereocenters. The summed E-state index contributed by atoms with van der Waals surface area (Å²) >= 11 is 12.5. The number of hydrogen-bond acceptors (Lipinski definition) is 5. The smallest absolute Gasteiger partial charge is 0.245 e. The van der Waals surface area contributed by atoms with Crippen molar-refractivity contribution >= 4 is 40.7 Å². The molecule has 0 spiro atoms. The number of para-hydroxylation sites is 1. The highest BCUT2D eigenvalue weighted by Gasteiger charge is 2.37. The first kappa shape index (κ1) is 32.5. The van der Waals surface area contributed by atoms with Crippen LogP contribution in [0.4, 0.5) is 10.1 Å². The number of benzene rings is 2. The first-order valence-electron chi connectivity index (χ1n) is 15.0. The fourth-order valence-corrected chi connectivity index (χ4v) is 6.25. The van der Waals surface area contributed by atoms with E-state index in [1.165, 1.54) is 6.07 Å². The van der Waals surface area contributed by atoms with Crippen LogP contribution in [-0.4, -0.2) is 92.1 Å². The Morgan fingerprint density at radius 3 is 2.43 bits per heavy atom. The van der Waals surface area contributed by atoms with Crippen molar-refractivity contribution in [2.45, 2.75) is 58.2 Å². The summed E-state index contributed by atoms with van der Waals surface area (Å²) in [5.41, 5.74) is 2.43. The Hall–Kier alpha value is -2.39. The summed E-state index contributed by atoms with van der Waals surface area (Å²) in [5.74, 6) is 0.126. The second-order valence-electron chi connectivity index (χ2n) is 11.9. The molecule has 2 aliphatic heterocycles. The maximum absolute atomic E-state index is 15.2. The minimum absolute atomic E-state index is 0.00586. The molecule has 2 aromatic rings. The lowest BCUT2D eigenvalue weighted by molar-refractivity contribution is -0.143. The molecule has 2 saturated heterocycles. The summed E-state index contributed by atoms with van der Waals surface area (Å²) in [4.78, 5) is 34.3. The second kappa shape index (κ2) is 14.9. The maximum atomic E-state index is 15.2. The van der Waals surface area contributed by atoms with E-state index in [2.05, 4.69) is 43.1 Å². The van der Waals surface area contributed by atoms with E-state index in [1.807, 2.05) is 17.0 Å². The molecule has 42 heavy (non-hydrogen) atoms. The van der Waals surface area contributed by atoms with Gasteiger partial charge < -0.3 is 20.0 Å². The van der Waals surface area contributed by atoms with Crippen LogP contribution < -0.4 is 10.2 Å². The second-order valence-corrected chi connectivity index (χ2v) is 12.7. The summed E-state index contributed by atoms with van der Waals surface area (Å²) in [7, 11) is 4.10. The van der Waals surface area contributed by atoms with Gasteiger partial charge in [-0.25, -0.2) is 4.39 Å². The monoisotopic (exact) mass is 619 g/mol.